The van der Waals surface area contributed by atoms with Crippen LogP contribution in [0.15, 0.2) is 79.3 Å². The van der Waals surface area contributed by atoms with Crippen LogP contribution in [-0.2, 0) is 0 Å². The van der Waals surface area contributed by atoms with E-state index in [1.807, 2.05) is 16.9 Å². The lowest BCUT2D eigenvalue weighted by atomic mass is 9.97. The number of fused-ring (bicyclic) bond motifs is 2. The molecule has 5 heteroatoms. The van der Waals surface area contributed by atoms with Crippen LogP contribution in [0.3, 0.4) is 0 Å². The van der Waals surface area contributed by atoms with Gasteiger partial charge in [-0.2, -0.15) is 5.10 Å². The van der Waals surface area contributed by atoms with E-state index in [2.05, 4.69) is 103 Å². The fourth-order valence-corrected chi connectivity index (χ4v) is 5.36. The van der Waals surface area contributed by atoms with Crippen LogP contribution >= 0.6 is 0 Å². The van der Waals surface area contributed by atoms with Gasteiger partial charge in [-0.3, -0.25) is 0 Å². The van der Waals surface area contributed by atoms with Gasteiger partial charge < -0.3 is 10.2 Å². The van der Waals surface area contributed by atoms with Crippen LogP contribution in [0.5, 0.6) is 0 Å². The average Bonchev–Trinajstić information content (AvgIpc) is 3.27. The molecule has 3 heterocycles. The van der Waals surface area contributed by atoms with E-state index in [1.54, 1.807) is 0 Å². The van der Waals surface area contributed by atoms with Crippen molar-refractivity contribution < 1.29 is 0 Å². The summed E-state index contributed by atoms with van der Waals surface area (Å²) in [6.45, 7) is 8.73. The van der Waals surface area contributed by atoms with Crippen LogP contribution in [0.4, 0.5) is 5.69 Å². The van der Waals surface area contributed by atoms with Crippen LogP contribution in [0.25, 0.3) is 38.7 Å². The Balaban J connectivity index is 1.36. The van der Waals surface area contributed by atoms with Gasteiger partial charge in [-0.1, -0.05) is 48.5 Å². The van der Waals surface area contributed by atoms with Gasteiger partial charge in [0.05, 0.1) is 6.20 Å². The summed E-state index contributed by atoms with van der Waals surface area (Å²) >= 11 is 0. The van der Waals surface area contributed by atoms with E-state index < -0.39 is 0 Å². The molecule has 2 aromatic heterocycles. The first-order valence-corrected chi connectivity index (χ1v) is 12.0. The molecule has 1 saturated heterocycles. The number of anilines is 1. The minimum absolute atomic E-state index is 0.479. The molecule has 0 unspecified atom stereocenters. The first-order chi connectivity index (χ1) is 16.6. The molecule has 0 amide bonds. The van der Waals surface area contributed by atoms with Crippen molar-refractivity contribution in [2.75, 3.05) is 18.0 Å². The molecule has 1 fully saturated rings. The maximum absolute atomic E-state index is 4.85. The van der Waals surface area contributed by atoms with Crippen molar-refractivity contribution >= 4 is 22.1 Å². The quantitative estimate of drug-likeness (QED) is 0.385. The lowest BCUT2D eigenvalue weighted by Gasteiger charge is -2.41. The summed E-state index contributed by atoms with van der Waals surface area (Å²) in [5.41, 5.74) is 7.82. The second-order valence-corrected chi connectivity index (χ2v) is 9.51. The molecule has 1 aliphatic rings. The summed E-state index contributed by atoms with van der Waals surface area (Å²) in [6.07, 6.45) is 5.97. The minimum Gasteiger partial charge on any atom is -0.364 e. The Kier molecular flexibility index (Phi) is 5.07. The molecule has 6 rings (SSSR count). The SMILES string of the molecule is Cc1cc(-c2cnn3cc(-c4ccc(N5[C@H](C)CNC[C@@H]5C)cc4)cnc23)c2ccccc2c1. The summed E-state index contributed by atoms with van der Waals surface area (Å²) in [7, 11) is 0. The lowest BCUT2D eigenvalue weighted by molar-refractivity contribution is 0.432. The highest BCUT2D eigenvalue weighted by Crippen LogP contribution is 2.33. The molecule has 5 nitrogen and oxygen atoms in total. The Morgan fingerprint density at radius 2 is 1.62 bits per heavy atom. The van der Waals surface area contributed by atoms with Crippen molar-refractivity contribution in [3.63, 3.8) is 0 Å². The molecule has 5 aromatic rings. The molecule has 0 aliphatic carbocycles. The Hall–Kier alpha value is -3.70. The Labute approximate surface area is 200 Å². The Bertz CT molecular complexity index is 1470. The number of nitrogens with zero attached hydrogens (tertiary/aromatic N) is 4. The molecule has 0 bridgehead atoms. The van der Waals surface area contributed by atoms with Gasteiger partial charge in [0.1, 0.15) is 0 Å². The zero-order chi connectivity index (χ0) is 23.2. The van der Waals surface area contributed by atoms with E-state index >= 15 is 0 Å². The molecule has 3 aromatic carbocycles. The predicted molar refractivity (Wildman–Crippen MR) is 140 cm³/mol. The van der Waals surface area contributed by atoms with Crippen molar-refractivity contribution in [1.29, 1.82) is 0 Å². The summed E-state index contributed by atoms with van der Waals surface area (Å²) in [5.74, 6) is 0. The standard InChI is InChI=1S/C29H29N5/c1-19-12-23-6-4-5-7-26(23)27(13-19)28-17-32-33-18-24(16-31-29(28)33)22-8-10-25(11-9-22)34-20(2)14-30-15-21(34)3/h4-13,16-18,20-21,30H,14-15H2,1-3H3/t20-,21+. The van der Waals surface area contributed by atoms with Gasteiger partial charge in [0.25, 0.3) is 0 Å². The van der Waals surface area contributed by atoms with Crippen molar-refractivity contribution in [1.82, 2.24) is 19.9 Å². The fraction of sp³-hybridized carbons (Fsp3) is 0.241. The molecular weight excluding hydrogens is 418 g/mol. The number of hydrogen-bond donors (Lipinski definition) is 1. The third kappa shape index (κ3) is 3.53. The molecule has 0 radical (unpaired) electrons. The van der Waals surface area contributed by atoms with E-state index in [0.717, 1.165) is 35.4 Å². The second-order valence-electron chi connectivity index (χ2n) is 9.51. The molecule has 34 heavy (non-hydrogen) atoms. The van der Waals surface area contributed by atoms with E-state index in [1.165, 1.54) is 27.6 Å². The molecule has 0 saturated carbocycles. The third-order valence-electron chi connectivity index (χ3n) is 6.98. The topological polar surface area (TPSA) is 45.5 Å². The van der Waals surface area contributed by atoms with E-state index in [4.69, 9.17) is 4.98 Å². The maximum atomic E-state index is 4.85. The average molecular weight is 448 g/mol. The van der Waals surface area contributed by atoms with Crippen LogP contribution in [0.1, 0.15) is 19.4 Å². The monoisotopic (exact) mass is 447 g/mol. The highest BCUT2D eigenvalue weighted by Gasteiger charge is 2.24. The van der Waals surface area contributed by atoms with Gasteiger partial charge in [-0.15, -0.1) is 0 Å². The predicted octanol–water partition coefficient (Wildman–Crippen LogP) is 5.71. The highest BCUT2D eigenvalue weighted by atomic mass is 15.2. The van der Waals surface area contributed by atoms with Gasteiger partial charge in [-0.05, 0) is 60.4 Å². The Morgan fingerprint density at radius 1 is 0.853 bits per heavy atom. The fourth-order valence-electron chi connectivity index (χ4n) is 5.36. The lowest BCUT2D eigenvalue weighted by Crippen LogP contribution is -2.55. The number of rotatable bonds is 3. The van der Waals surface area contributed by atoms with Crippen LogP contribution < -0.4 is 10.2 Å². The largest absolute Gasteiger partial charge is 0.364 e. The van der Waals surface area contributed by atoms with Gasteiger partial charge in [-0.25, -0.2) is 9.50 Å². The van der Waals surface area contributed by atoms with Crippen molar-refractivity contribution in [2.45, 2.75) is 32.9 Å². The number of benzene rings is 3. The Morgan fingerprint density at radius 3 is 2.41 bits per heavy atom. The second kappa shape index (κ2) is 8.26. The molecule has 1 aliphatic heterocycles. The first-order valence-electron chi connectivity index (χ1n) is 12.0. The number of hydrogen-bond acceptors (Lipinski definition) is 4. The molecule has 170 valence electrons. The van der Waals surface area contributed by atoms with E-state index in [0.29, 0.717) is 12.1 Å². The van der Waals surface area contributed by atoms with E-state index in [9.17, 15) is 0 Å². The van der Waals surface area contributed by atoms with Crippen LogP contribution in [0, 0.1) is 6.92 Å². The number of piperazine rings is 1. The zero-order valence-electron chi connectivity index (χ0n) is 19.9. The molecule has 1 N–H and O–H groups in total. The van der Waals surface area contributed by atoms with Crippen molar-refractivity contribution in [2.24, 2.45) is 0 Å². The van der Waals surface area contributed by atoms with Gasteiger partial charge >= 0.3 is 0 Å². The van der Waals surface area contributed by atoms with Gasteiger partial charge in [0, 0.05) is 54.4 Å². The highest BCUT2D eigenvalue weighted by molar-refractivity contribution is 6.00. The normalized spacial score (nSPS) is 18.6. The van der Waals surface area contributed by atoms with Gasteiger partial charge in [0.2, 0.25) is 0 Å². The summed E-state index contributed by atoms with van der Waals surface area (Å²) in [6, 6.07) is 22.8. The summed E-state index contributed by atoms with van der Waals surface area (Å²) < 4.78 is 1.90. The molecular formula is C29H29N5. The summed E-state index contributed by atoms with van der Waals surface area (Å²) in [5, 5.41) is 10.6. The smallest absolute Gasteiger partial charge is 0.162 e. The number of aryl methyl sites for hydroxylation is 1. The maximum Gasteiger partial charge on any atom is 0.162 e. The zero-order valence-corrected chi connectivity index (χ0v) is 19.9. The summed E-state index contributed by atoms with van der Waals surface area (Å²) in [4.78, 5) is 7.36. The van der Waals surface area contributed by atoms with Crippen LogP contribution in [0.2, 0.25) is 0 Å². The van der Waals surface area contributed by atoms with Gasteiger partial charge in [0.15, 0.2) is 5.65 Å². The number of aromatic nitrogens is 3. The van der Waals surface area contributed by atoms with Crippen molar-refractivity contribution in [3.8, 4) is 22.3 Å². The van der Waals surface area contributed by atoms with E-state index in [-0.39, 0.29) is 0 Å². The first kappa shape index (κ1) is 20.9. The van der Waals surface area contributed by atoms with Crippen molar-refractivity contribution in [3.05, 3.63) is 84.8 Å². The molecule has 2 atom stereocenters. The number of nitrogens with one attached hydrogen (secondary N) is 1. The third-order valence-corrected chi connectivity index (χ3v) is 6.98. The molecule has 0 spiro atoms. The minimum atomic E-state index is 0.479. The van der Waals surface area contributed by atoms with Crippen LogP contribution in [-0.4, -0.2) is 39.8 Å².